The van der Waals surface area contributed by atoms with Gasteiger partial charge in [0.05, 0.1) is 17.5 Å². The Kier molecular flexibility index (Phi) is 5.41. The van der Waals surface area contributed by atoms with Gasteiger partial charge in [-0.2, -0.15) is 0 Å². The molecule has 1 aliphatic carbocycles. The summed E-state index contributed by atoms with van der Waals surface area (Å²) in [5.74, 6) is 0.460. The fourth-order valence-corrected chi connectivity index (χ4v) is 2.84. The molecule has 1 aromatic carbocycles. The molecule has 1 saturated carbocycles. The lowest BCUT2D eigenvalue weighted by atomic mass is 9.85. The van der Waals surface area contributed by atoms with E-state index in [1.165, 1.54) is 19.3 Å². The Labute approximate surface area is 120 Å². The maximum absolute atomic E-state index is 11.9. The summed E-state index contributed by atoms with van der Waals surface area (Å²) in [5.41, 5.74) is 7.02. The van der Waals surface area contributed by atoms with Crippen LogP contribution in [0.4, 0.5) is 11.4 Å². The Bertz CT molecular complexity index is 448. The van der Waals surface area contributed by atoms with Gasteiger partial charge in [0.25, 0.3) is 0 Å². The molecule has 0 aromatic heterocycles. The van der Waals surface area contributed by atoms with Crippen LogP contribution in [0.3, 0.4) is 0 Å². The Morgan fingerprint density at radius 3 is 2.85 bits per heavy atom. The second-order valence-electron chi connectivity index (χ2n) is 5.44. The van der Waals surface area contributed by atoms with Crippen molar-refractivity contribution in [2.75, 3.05) is 17.7 Å². The van der Waals surface area contributed by atoms with Gasteiger partial charge in [-0.1, -0.05) is 38.3 Å². The second-order valence-corrected chi connectivity index (χ2v) is 5.44. The van der Waals surface area contributed by atoms with Gasteiger partial charge in [0.1, 0.15) is 6.61 Å². The smallest absolute Gasteiger partial charge is 0.250 e. The van der Waals surface area contributed by atoms with Crippen LogP contribution < -0.4 is 11.1 Å². The van der Waals surface area contributed by atoms with Gasteiger partial charge in [-0.05, 0) is 30.9 Å². The van der Waals surface area contributed by atoms with Crippen LogP contribution in [-0.4, -0.2) is 18.6 Å². The number of anilines is 2. The first-order valence-electron chi connectivity index (χ1n) is 7.46. The zero-order valence-electron chi connectivity index (χ0n) is 12.1. The van der Waals surface area contributed by atoms with E-state index in [4.69, 9.17) is 10.5 Å². The molecule has 110 valence electrons. The largest absolute Gasteiger partial charge is 0.397 e. The predicted molar refractivity (Wildman–Crippen MR) is 81.5 cm³/mol. The van der Waals surface area contributed by atoms with Crippen LogP contribution in [0.5, 0.6) is 0 Å². The summed E-state index contributed by atoms with van der Waals surface area (Å²) in [4.78, 5) is 11.9. The van der Waals surface area contributed by atoms with Crippen molar-refractivity contribution < 1.29 is 9.53 Å². The van der Waals surface area contributed by atoms with Crippen molar-refractivity contribution in [3.8, 4) is 0 Å². The van der Waals surface area contributed by atoms with Crippen LogP contribution in [0.2, 0.25) is 0 Å². The Hall–Kier alpha value is -1.55. The highest BCUT2D eigenvalue weighted by Gasteiger charge is 2.24. The van der Waals surface area contributed by atoms with Crippen molar-refractivity contribution in [1.82, 2.24) is 0 Å². The van der Waals surface area contributed by atoms with Crippen molar-refractivity contribution in [1.29, 1.82) is 0 Å². The van der Waals surface area contributed by atoms with Gasteiger partial charge >= 0.3 is 0 Å². The Morgan fingerprint density at radius 2 is 2.10 bits per heavy atom. The normalized spacial score (nSPS) is 22.4. The van der Waals surface area contributed by atoms with E-state index in [-0.39, 0.29) is 18.6 Å². The van der Waals surface area contributed by atoms with E-state index in [9.17, 15) is 4.79 Å². The molecule has 1 fully saturated rings. The summed E-state index contributed by atoms with van der Waals surface area (Å²) >= 11 is 0. The molecule has 1 amide bonds. The first kappa shape index (κ1) is 14.9. The van der Waals surface area contributed by atoms with Crippen LogP contribution >= 0.6 is 0 Å². The number of nitrogens with two attached hydrogens (primary N) is 1. The molecule has 20 heavy (non-hydrogen) atoms. The van der Waals surface area contributed by atoms with Crippen LogP contribution in [-0.2, 0) is 9.53 Å². The molecular formula is C16H24N2O2. The van der Waals surface area contributed by atoms with Crippen molar-refractivity contribution in [2.45, 2.75) is 45.1 Å². The number of para-hydroxylation sites is 2. The van der Waals surface area contributed by atoms with Gasteiger partial charge < -0.3 is 15.8 Å². The highest BCUT2D eigenvalue weighted by Crippen LogP contribution is 2.29. The minimum Gasteiger partial charge on any atom is -0.397 e. The third-order valence-electron chi connectivity index (χ3n) is 4.03. The van der Waals surface area contributed by atoms with Crippen LogP contribution in [0, 0.1) is 5.92 Å². The summed E-state index contributed by atoms with van der Waals surface area (Å²) < 4.78 is 5.81. The molecule has 1 aliphatic rings. The van der Waals surface area contributed by atoms with Gasteiger partial charge in [-0.3, -0.25) is 4.79 Å². The number of carbonyl (C=O) groups excluding carboxylic acids is 1. The minimum absolute atomic E-state index is 0.107. The average Bonchev–Trinajstić information content (AvgIpc) is 2.48. The summed E-state index contributed by atoms with van der Waals surface area (Å²) in [6, 6.07) is 7.25. The SMILES string of the molecule is CCC1CCCCC1OCC(=O)Nc1ccccc1N. The third kappa shape index (κ3) is 3.97. The number of carbonyl (C=O) groups is 1. The molecule has 0 heterocycles. The average molecular weight is 276 g/mol. The molecule has 0 radical (unpaired) electrons. The lowest BCUT2D eigenvalue weighted by molar-refractivity contribution is -0.124. The van der Waals surface area contributed by atoms with Gasteiger partial charge in [-0.15, -0.1) is 0 Å². The highest BCUT2D eigenvalue weighted by atomic mass is 16.5. The molecule has 1 aromatic rings. The number of nitrogens with one attached hydrogen (secondary N) is 1. The highest BCUT2D eigenvalue weighted by molar-refractivity contribution is 5.94. The van der Waals surface area contributed by atoms with Crippen molar-refractivity contribution in [3.05, 3.63) is 24.3 Å². The Balaban J connectivity index is 1.81. The zero-order chi connectivity index (χ0) is 14.4. The number of hydrogen-bond acceptors (Lipinski definition) is 3. The standard InChI is InChI=1S/C16H24N2O2/c1-2-12-7-3-6-10-15(12)20-11-16(19)18-14-9-5-4-8-13(14)17/h4-5,8-9,12,15H,2-3,6-7,10-11,17H2,1H3,(H,18,19). The van der Waals surface area contributed by atoms with Crippen molar-refractivity contribution >= 4 is 17.3 Å². The molecule has 0 bridgehead atoms. The summed E-state index contributed by atoms with van der Waals surface area (Å²) in [6.07, 6.45) is 6.12. The third-order valence-corrected chi connectivity index (χ3v) is 4.03. The molecule has 0 saturated heterocycles. The molecule has 2 rings (SSSR count). The van der Waals surface area contributed by atoms with E-state index in [0.29, 0.717) is 17.3 Å². The fourth-order valence-electron chi connectivity index (χ4n) is 2.84. The van der Waals surface area contributed by atoms with E-state index in [1.807, 2.05) is 12.1 Å². The molecule has 3 N–H and O–H groups in total. The molecule has 4 nitrogen and oxygen atoms in total. The first-order valence-corrected chi connectivity index (χ1v) is 7.46. The molecule has 2 unspecified atom stereocenters. The number of ether oxygens (including phenoxy) is 1. The number of amides is 1. The van der Waals surface area contributed by atoms with E-state index >= 15 is 0 Å². The molecule has 0 aliphatic heterocycles. The zero-order valence-corrected chi connectivity index (χ0v) is 12.1. The topological polar surface area (TPSA) is 64.3 Å². The van der Waals surface area contributed by atoms with Crippen molar-refractivity contribution in [2.24, 2.45) is 5.92 Å². The van der Waals surface area contributed by atoms with E-state index in [2.05, 4.69) is 12.2 Å². The molecule has 0 spiro atoms. The number of hydrogen-bond donors (Lipinski definition) is 2. The second kappa shape index (κ2) is 7.29. The quantitative estimate of drug-likeness (QED) is 0.812. The summed E-state index contributed by atoms with van der Waals surface area (Å²) in [6.45, 7) is 2.30. The van der Waals surface area contributed by atoms with Gasteiger partial charge in [0, 0.05) is 0 Å². The van der Waals surface area contributed by atoms with Gasteiger partial charge in [0.15, 0.2) is 0 Å². The molecular weight excluding hydrogens is 252 g/mol. The van der Waals surface area contributed by atoms with Gasteiger partial charge in [-0.25, -0.2) is 0 Å². The van der Waals surface area contributed by atoms with E-state index in [0.717, 1.165) is 12.8 Å². The monoisotopic (exact) mass is 276 g/mol. The van der Waals surface area contributed by atoms with E-state index in [1.54, 1.807) is 12.1 Å². The fraction of sp³-hybridized carbons (Fsp3) is 0.562. The van der Waals surface area contributed by atoms with Gasteiger partial charge in [0.2, 0.25) is 5.91 Å². The maximum atomic E-state index is 11.9. The van der Waals surface area contributed by atoms with Crippen LogP contribution in [0.15, 0.2) is 24.3 Å². The molecule has 4 heteroatoms. The number of benzene rings is 1. The first-order chi connectivity index (χ1) is 9.70. The number of rotatable bonds is 5. The van der Waals surface area contributed by atoms with Crippen molar-refractivity contribution in [3.63, 3.8) is 0 Å². The lowest BCUT2D eigenvalue weighted by Gasteiger charge is -2.30. The summed E-state index contributed by atoms with van der Waals surface area (Å²) in [5, 5.41) is 2.79. The van der Waals surface area contributed by atoms with Crippen LogP contribution in [0.25, 0.3) is 0 Å². The summed E-state index contributed by atoms with van der Waals surface area (Å²) in [7, 11) is 0. The maximum Gasteiger partial charge on any atom is 0.250 e. The lowest BCUT2D eigenvalue weighted by Crippen LogP contribution is -2.31. The number of nitrogen functional groups attached to an aromatic ring is 1. The molecule has 2 atom stereocenters. The Morgan fingerprint density at radius 1 is 1.35 bits per heavy atom. The minimum atomic E-state index is -0.136. The van der Waals surface area contributed by atoms with Crippen LogP contribution in [0.1, 0.15) is 39.0 Å². The van der Waals surface area contributed by atoms with E-state index < -0.39 is 0 Å². The predicted octanol–water partition coefficient (Wildman–Crippen LogP) is 3.19.